The van der Waals surface area contributed by atoms with Crippen molar-refractivity contribution in [2.24, 2.45) is 0 Å². The summed E-state index contributed by atoms with van der Waals surface area (Å²) in [5.74, 6) is -1.91. The number of carbonyl (C=O) groups excluding carboxylic acids is 4. The first-order valence-corrected chi connectivity index (χ1v) is 15.3. The van der Waals surface area contributed by atoms with Crippen LogP contribution in [0.1, 0.15) is 58.5 Å². The van der Waals surface area contributed by atoms with Gasteiger partial charge in [0.25, 0.3) is 0 Å². The molecule has 0 bridgehead atoms. The smallest absolute Gasteiger partial charge is 0.341 e. The molecular weight excluding hydrogens is 572 g/mol. The van der Waals surface area contributed by atoms with Crippen molar-refractivity contribution in [1.29, 1.82) is 0 Å². The van der Waals surface area contributed by atoms with E-state index in [9.17, 15) is 19.2 Å². The van der Waals surface area contributed by atoms with Crippen LogP contribution >= 0.6 is 22.7 Å². The second kappa shape index (κ2) is 14.1. The number of rotatable bonds is 11. The molecule has 2 heterocycles. The van der Waals surface area contributed by atoms with Crippen LogP contribution in [-0.2, 0) is 19.1 Å². The number of hydrogen-bond acceptors (Lipinski definition) is 8. The van der Waals surface area contributed by atoms with E-state index in [0.717, 1.165) is 22.3 Å². The summed E-state index contributed by atoms with van der Waals surface area (Å²) >= 11 is 2.45. The molecule has 2 aromatic carbocycles. The predicted octanol–water partition coefficient (Wildman–Crippen LogP) is 7.47. The SMILES string of the molecule is CCOC(=O)c1c(-c2ccc(C)cc2)csc1NC(=O)CCC(=O)Nc1scc(-c2ccc(C)cc2)c1C(=O)OCC. The van der Waals surface area contributed by atoms with E-state index in [4.69, 9.17) is 9.47 Å². The zero-order valence-corrected chi connectivity index (χ0v) is 25.5. The molecule has 4 rings (SSSR count). The van der Waals surface area contributed by atoms with E-state index in [1.165, 1.54) is 22.7 Å². The molecule has 0 aliphatic heterocycles. The molecule has 218 valence electrons. The number of nitrogens with one attached hydrogen (secondary N) is 2. The lowest BCUT2D eigenvalue weighted by molar-refractivity contribution is -0.121. The van der Waals surface area contributed by atoms with Crippen LogP contribution in [-0.4, -0.2) is 37.0 Å². The van der Waals surface area contributed by atoms with E-state index in [1.807, 2.05) is 62.4 Å². The number of benzene rings is 2. The second-order valence-corrected chi connectivity index (χ2v) is 11.2. The fraction of sp³-hybridized carbons (Fsp3) is 0.250. The van der Waals surface area contributed by atoms with Crippen LogP contribution in [0.4, 0.5) is 10.0 Å². The van der Waals surface area contributed by atoms with Gasteiger partial charge in [0.2, 0.25) is 11.8 Å². The molecule has 4 aromatic rings. The first-order chi connectivity index (χ1) is 20.2. The van der Waals surface area contributed by atoms with Gasteiger partial charge in [-0.25, -0.2) is 9.59 Å². The summed E-state index contributed by atoms with van der Waals surface area (Å²) in [4.78, 5) is 51.4. The molecule has 0 unspecified atom stereocenters. The van der Waals surface area contributed by atoms with Crippen LogP contribution in [0.3, 0.4) is 0 Å². The van der Waals surface area contributed by atoms with E-state index in [1.54, 1.807) is 24.6 Å². The Bertz CT molecular complexity index is 1470. The Kier molecular flexibility index (Phi) is 10.3. The third-order valence-corrected chi connectivity index (χ3v) is 8.14. The van der Waals surface area contributed by atoms with Crippen LogP contribution in [0.25, 0.3) is 22.3 Å². The molecule has 8 nitrogen and oxygen atoms in total. The van der Waals surface area contributed by atoms with Crippen LogP contribution in [0.5, 0.6) is 0 Å². The minimum atomic E-state index is -0.532. The van der Waals surface area contributed by atoms with Crippen molar-refractivity contribution in [3.8, 4) is 22.3 Å². The lowest BCUT2D eigenvalue weighted by Crippen LogP contribution is -2.19. The van der Waals surface area contributed by atoms with Crippen molar-refractivity contribution in [3.63, 3.8) is 0 Å². The van der Waals surface area contributed by atoms with Gasteiger partial charge < -0.3 is 20.1 Å². The molecule has 2 amide bonds. The first kappa shape index (κ1) is 30.7. The van der Waals surface area contributed by atoms with E-state index < -0.39 is 23.8 Å². The maximum Gasteiger partial charge on any atom is 0.341 e. The predicted molar refractivity (Wildman–Crippen MR) is 167 cm³/mol. The molecule has 0 spiro atoms. The number of thiophene rings is 2. The first-order valence-electron chi connectivity index (χ1n) is 13.5. The van der Waals surface area contributed by atoms with E-state index in [2.05, 4.69) is 10.6 Å². The monoisotopic (exact) mass is 604 g/mol. The van der Waals surface area contributed by atoms with Crippen LogP contribution < -0.4 is 10.6 Å². The van der Waals surface area contributed by atoms with Crippen LogP contribution in [0, 0.1) is 13.8 Å². The molecule has 0 atom stereocenters. The van der Waals surface area contributed by atoms with Gasteiger partial charge in [-0.2, -0.15) is 0 Å². The van der Waals surface area contributed by atoms with Gasteiger partial charge in [-0.15, -0.1) is 22.7 Å². The third-order valence-electron chi connectivity index (χ3n) is 6.35. The summed E-state index contributed by atoms with van der Waals surface area (Å²) in [5.41, 5.74) is 5.73. The Labute approximate surface area is 252 Å². The maximum atomic E-state index is 12.9. The zero-order chi connectivity index (χ0) is 30.2. The zero-order valence-electron chi connectivity index (χ0n) is 23.9. The van der Waals surface area contributed by atoms with Gasteiger partial charge >= 0.3 is 11.9 Å². The van der Waals surface area contributed by atoms with Crippen LogP contribution in [0.2, 0.25) is 0 Å². The molecule has 42 heavy (non-hydrogen) atoms. The normalized spacial score (nSPS) is 10.7. The summed E-state index contributed by atoms with van der Waals surface area (Å²) in [7, 11) is 0. The average Bonchev–Trinajstić information content (AvgIpc) is 3.57. The molecule has 2 N–H and O–H groups in total. The number of carbonyl (C=O) groups is 4. The van der Waals surface area contributed by atoms with Gasteiger partial charge in [0, 0.05) is 34.7 Å². The highest BCUT2D eigenvalue weighted by Gasteiger charge is 2.25. The molecule has 0 saturated heterocycles. The Morgan fingerprint density at radius 1 is 0.619 bits per heavy atom. The number of esters is 2. The van der Waals surface area contributed by atoms with E-state index in [0.29, 0.717) is 21.1 Å². The standard InChI is InChI=1S/C32H32N2O6S2/c1-5-39-31(37)27-23(21-11-7-19(3)8-12-21)17-41-29(27)33-25(35)15-16-26(36)34-30-28(32(38)40-6-2)24(18-42-30)22-13-9-20(4)10-14-22/h7-14,17-18H,5-6,15-16H2,1-4H3,(H,33,35)(H,34,36). The van der Waals surface area contributed by atoms with Crippen molar-refractivity contribution in [2.45, 2.75) is 40.5 Å². The number of anilines is 2. The third kappa shape index (κ3) is 7.32. The number of ether oxygens (including phenoxy) is 2. The number of hydrogen-bond donors (Lipinski definition) is 2. The fourth-order valence-corrected chi connectivity index (χ4v) is 6.16. The van der Waals surface area contributed by atoms with Gasteiger partial charge in [0.05, 0.1) is 13.2 Å². The molecular formula is C32H32N2O6S2. The maximum absolute atomic E-state index is 12.9. The minimum absolute atomic E-state index is 0.128. The molecule has 0 fully saturated rings. The Hall–Kier alpha value is -4.28. The highest BCUT2D eigenvalue weighted by atomic mass is 32.1. The van der Waals surface area contributed by atoms with Gasteiger partial charge in [0.1, 0.15) is 21.1 Å². The molecule has 2 aromatic heterocycles. The number of aryl methyl sites for hydroxylation is 2. The highest BCUT2D eigenvalue weighted by molar-refractivity contribution is 7.15. The molecule has 0 radical (unpaired) electrons. The van der Waals surface area contributed by atoms with E-state index in [-0.39, 0.29) is 37.2 Å². The van der Waals surface area contributed by atoms with Gasteiger partial charge in [-0.1, -0.05) is 59.7 Å². The van der Waals surface area contributed by atoms with Gasteiger partial charge in [-0.3, -0.25) is 9.59 Å². The Balaban J connectivity index is 1.46. The average molecular weight is 605 g/mol. The summed E-state index contributed by atoms with van der Waals surface area (Å²) in [6, 6.07) is 15.4. The largest absolute Gasteiger partial charge is 0.462 e. The van der Waals surface area contributed by atoms with Crippen molar-refractivity contribution < 1.29 is 28.7 Å². The molecule has 0 aliphatic rings. The minimum Gasteiger partial charge on any atom is -0.462 e. The Morgan fingerprint density at radius 2 is 0.976 bits per heavy atom. The number of amides is 2. The van der Waals surface area contributed by atoms with Crippen molar-refractivity contribution in [3.05, 3.63) is 81.5 Å². The second-order valence-electron chi connectivity index (χ2n) is 9.48. The molecule has 0 saturated carbocycles. The summed E-state index contributed by atoms with van der Waals surface area (Å²) in [6.07, 6.45) is -0.256. The summed E-state index contributed by atoms with van der Waals surface area (Å²) in [5, 5.41) is 9.88. The van der Waals surface area contributed by atoms with Crippen LogP contribution in [0.15, 0.2) is 59.3 Å². The van der Waals surface area contributed by atoms with E-state index >= 15 is 0 Å². The molecule has 0 aliphatic carbocycles. The van der Waals surface area contributed by atoms with Gasteiger partial charge in [-0.05, 0) is 38.8 Å². The lowest BCUT2D eigenvalue weighted by atomic mass is 10.0. The molecule has 10 heteroatoms. The van der Waals surface area contributed by atoms with Crippen molar-refractivity contribution in [2.75, 3.05) is 23.8 Å². The summed E-state index contributed by atoms with van der Waals surface area (Å²) < 4.78 is 10.5. The highest BCUT2D eigenvalue weighted by Crippen LogP contribution is 2.38. The topological polar surface area (TPSA) is 111 Å². The lowest BCUT2D eigenvalue weighted by Gasteiger charge is -2.10. The van der Waals surface area contributed by atoms with Crippen molar-refractivity contribution >= 4 is 56.4 Å². The quantitative estimate of drug-likeness (QED) is 0.172. The Morgan fingerprint density at radius 3 is 1.31 bits per heavy atom. The van der Waals surface area contributed by atoms with Crippen molar-refractivity contribution in [1.82, 2.24) is 0 Å². The fourth-order valence-electron chi connectivity index (χ4n) is 4.21. The van der Waals surface area contributed by atoms with Gasteiger partial charge in [0.15, 0.2) is 0 Å². The summed E-state index contributed by atoms with van der Waals surface area (Å²) in [6.45, 7) is 7.78.